The average Bonchev–Trinajstić information content (AvgIpc) is 3.12. The first kappa shape index (κ1) is 42.0. The normalized spacial score (nSPS) is 17.3. The molecule has 19 heteroatoms. The molecule has 0 amide bonds. The van der Waals surface area contributed by atoms with Crippen molar-refractivity contribution in [3.05, 3.63) is 119 Å². The number of halogens is 6. The summed E-state index contributed by atoms with van der Waals surface area (Å²) in [4.78, 5) is 20.6. The van der Waals surface area contributed by atoms with Crippen LogP contribution in [0, 0.1) is 0 Å². The number of aliphatic hydroxyl groups excluding tert-OH is 1. The number of esters is 1. The van der Waals surface area contributed by atoms with Gasteiger partial charge < -0.3 is 9.84 Å². The third-order valence-electron chi connectivity index (χ3n) is 9.09. The molecular weight excluding hydrogens is 791 g/mol. The van der Waals surface area contributed by atoms with Crippen LogP contribution >= 0.6 is 0 Å². The smallest absolute Gasteiger partial charge is 0.417 e. The van der Waals surface area contributed by atoms with Crippen LogP contribution in [0.5, 0.6) is 0 Å². The van der Waals surface area contributed by atoms with Gasteiger partial charge in [-0.2, -0.15) is 43.2 Å². The van der Waals surface area contributed by atoms with Gasteiger partial charge in [0, 0.05) is 36.1 Å². The molecule has 0 radical (unpaired) electrons. The molecule has 3 N–H and O–H groups in total. The highest BCUT2D eigenvalue weighted by atomic mass is 32.2. The standard InChI is InChI=1S/C37H36F6N4O7S2/c1-3-17-35(18-16-23-8-12-27(13-9-23)46-55(50,51)31-14-10-25(21-44-31)36(38,39)40)20-30(48)33(34(49)54-35)29(4-2)24-6-5-7-28(19-24)47-56(52,53)32-15-11-26(22-45-32)37(41,42)43/h5-15,19,21-22,29,46-48H,3-4,16-18,20H2,1-2H3. The number of nitrogens with zero attached hydrogens (tertiary/aromatic N) is 2. The summed E-state index contributed by atoms with van der Waals surface area (Å²) < 4.78 is 139. The van der Waals surface area contributed by atoms with E-state index in [2.05, 4.69) is 19.4 Å². The fourth-order valence-corrected chi connectivity index (χ4v) is 8.34. The van der Waals surface area contributed by atoms with Crippen LogP contribution in [-0.4, -0.2) is 43.5 Å². The Morgan fingerprint density at radius 2 is 1.34 bits per heavy atom. The van der Waals surface area contributed by atoms with E-state index in [0.717, 1.165) is 17.7 Å². The van der Waals surface area contributed by atoms with Gasteiger partial charge >= 0.3 is 18.3 Å². The monoisotopic (exact) mass is 826 g/mol. The number of pyridine rings is 2. The van der Waals surface area contributed by atoms with E-state index in [4.69, 9.17) is 4.74 Å². The average molecular weight is 827 g/mol. The van der Waals surface area contributed by atoms with Crippen LogP contribution in [0.15, 0.2) is 107 Å². The van der Waals surface area contributed by atoms with Gasteiger partial charge in [0.05, 0.1) is 16.7 Å². The second kappa shape index (κ2) is 16.1. The Kier molecular flexibility index (Phi) is 12.1. The Labute approximate surface area is 319 Å². The molecule has 2 aromatic heterocycles. The Morgan fingerprint density at radius 3 is 1.80 bits per heavy atom. The van der Waals surface area contributed by atoms with Gasteiger partial charge in [0.2, 0.25) is 0 Å². The number of hydrogen-bond acceptors (Lipinski definition) is 9. The number of anilines is 2. The van der Waals surface area contributed by atoms with Crippen molar-refractivity contribution in [3.63, 3.8) is 0 Å². The minimum Gasteiger partial charge on any atom is -0.512 e. The topological polar surface area (TPSA) is 165 Å². The quantitative estimate of drug-likeness (QED) is 0.0835. The number of cyclic esters (lactones) is 1. The Bertz CT molecular complexity index is 2300. The van der Waals surface area contributed by atoms with Crippen molar-refractivity contribution in [2.45, 2.75) is 86.3 Å². The molecule has 1 aliphatic rings. The van der Waals surface area contributed by atoms with E-state index < -0.39 is 71.1 Å². The number of sulfonamides is 2. The molecule has 0 saturated carbocycles. The second-order valence-electron chi connectivity index (χ2n) is 13.1. The summed E-state index contributed by atoms with van der Waals surface area (Å²) in [7, 11) is -8.69. The zero-order valence-corrected chi connectivity index (χ0v) is 31.4. The molecule has 0 aliphatic carbocycles. The van der Waals surface area contributed by atoms with Gasteiger partial charge in [-0.1, -0.05) is 44.5 Å². The van der Waals surface area contributed by atoms with Crippen molar-refractivity contribution in [1.29, 1.82) is 0 Å². The largest absolute Gasteiger partial charge is 0.512 e. The number of ether oxygens (including phenoxy) is 1. The number of nitrogens with one attached hydrogen (secondary N) is 2. The number of aliphatic hydroxyl groups is 1. The number of hydrogen-bond donors (Lipinski definition) is 3. The summed E-state index contributed by atoms with van der Waals surface area (Å²) in [5.41, 5.74) is -1.92. The zero-order valence-electron chi connectivity index (χ0n) is 29.8. The summed E-state index contributed by atoms with van der Waals surface area (Å²) in [6, 6.07) is 14.9. The van der Waals surface area contributed by atoms with Crippen LogP contribution in [0.3, 0.4) is 0 Å². The molecule has 0 fully saturated rings. The first-order chi connectivity index (χ1) is 26.2. The van der Waals surface area contributed by atoms with E-state index in [0.29, 0.717) is 55.8 Å². The summed E-state index contributed by atoms with van der Waals surface area (Å²) in [6.45, 7) is 3.65. The van der Waals surface area contributed by atoms with Gasteiger partial charge in [0.15, 0.2) is 10.1 Å². The van der Waals surface area contributed by atoms with Gasteiger partial charge in [-0.05, 0) is 85.3 Å². The summed E-state index contributed by atoms with van der Waals surface area (Å²) in [6.07, 6.45) is -6.59. The number of alkyl halides is 6. The maximum Gasteiger partial charge on any atom is 0.417 e. The second-order valence-corrected chi connectivity index (χ2v) is 16.4. The minimum atomic E-state index is -4.70. The Balaban J connectivity index is 1.28. The van der Waals surface area contributed by atoms with Crippen LogP contribution in [0.4, 0.5) is 37.7 Å². The molecule has 11 nitrogen and oxygen atoms in total. The van der Waals surface area contributed by atoms with Crippen molar-refractivity contribution < 1.29 is 57.8 Å². The molecule has 3 heterocycles. The first-order valence-electron chi connectivity index (χ1n) is 17.1. The zero-order chi connectivity index (χ0) is 41.1. The lowest BCUT2D eigenvalue weighted by atomic mass is 9.80. The molecule has 0 bridgehead atoms. The van der Waals surface area contributed by atoms with Crippen LogP contribution in [-0.2, 0) is 48.4 Å². The van der Waals surface area contributed by atoms with Crippen molar-refractivity contribution in [2.75, 3.05) is 9.44 Å². The fraction of sp³-hybridized carbons (Fsp3) is 0.324. The number of aryl methyl sites for hydroxylation is 1. The molecule has 2 atom stereocenters. The number of carbonyl (C=O) groups excluding carboxylic acids is 1. The minimum absolute atomic E-state index is 0.00261. The van der Waals surface area contributed by atoms with Gasteiger partial charge in [-0.15, -0.1) is 0 Å². The van der Waals surface area contributed by atoms with Crippen LogP contribution < -0.4 is 9.44 Å². The highest BCUT2D eigenvalue weighted by molar-refractivity contribution is 7.93. The van der Waals surface area contributed by atoms with Crippen LogP contribution in [0.1, 0.15) is 74.1 Å². The maximum atomic E-state index is 13.7. The van der Waals surface area contributed by atoms with Gasteiger partial charge in [0.1, 0.15) is 11.4 Å². The maximum absolute atomic E-state index is 13.7. The molecular formula is C37H36F6N4O7S2. The third kappa shape index (κ3) is 9.79. The number of carbonyl (C=O) groups is 1. The van der Waals surface area contributed by atoms with Crippen molar-refractivity contribution in [1.82, 2.24) is 9.97 Å². The van der Waals surface area contributed by atoms with Crippen molar-refractivity contribution >= 4 is 37.4 Å². The molecule has 0 saturated heterocycles. The number of aromatic nitrogens is 2. The lowest BCUT2D eigenvalue weighted by molar-refractivity contribution is -0.161. The molecule has 0 spiro atoms. The van der Waals surface area contributed by atoms with E-state index >= 15 is 0 Å². The van der Waals surface area contributed by atoms with E-state index in [1.807, 2.05) is 6.92 Å². The van der Waals surface area contributed by atoms with E-state index in [1.54, 1.807) is 25.1 Å². The third-order valence-corrected chi connectivity index (χ3v) is 11.7. The molecule has 2 aromatic carbocycles. The van der Waals surface area contributed by atoms with E-state index in [-0.39, 0.29) is 35.5 Å². The fourth-order valence-electron chi connectivity index (χ4n) is 6.37. The molecule has 1 aliphatic heterocycles. The predicted octanol–water partition coefficient (Wildman–Crippen LogP) is 8.54. The van der Waals surface area contributed by atoms with Crippen LogP contribution in [0.2, 0.25) is 0 Å². The number of benzene rings is 2. The summed E-state index contributed by atoms with van der Waals surface area (Å²) in [5.74, 6) is -1.66. The Hall–Kier alpha value is -5.17. The predicted molar refractivity (Wildman–Crippen MR) is 192 cm³/mol. The summed E-state index contributed by atoms with van der Waals surface area (Å²) in [5, 5.41) is 10.2. The van der Waals surface area contributed by atoms with Gasteiger partial charge in [-0.3, -0.25) is 9.44 Å². The molecule has 2 unspecified atom stereocenters. The highest BCUT2D eigenvalue weighted by Gasteiger charge is 2.43. The molecule has 56 heavy (non-hydrogen) atoms. The summed E-state index contributed by atoms with van der Waals surface area (Å²) >= 11 is 0. The van der Waals surface area contributed by atoms with E-state index in [9.17, 15) is 53.1 Å². The SMILES string of the molecule is CCCC1(CCc2ccc(NS(=O)(=O)c3ccc(C(F)(F)F)cn3)cc2)CC(O)=C(C(CC)c2cccc(NS(=O)(=O)c3ccc(C(F)(F)F)cn3)c2)C(=O)O1. The molecule has 300 valence electrons. The van der Waals surface area contributed by atoms with Crippen molar-refractivity contribution in [3.8, 4) is 0 Å². The van der Waals surface area contributed by atoms with Gasteiger partial charge in [0.25, 0.3) is 20.0 Å². The first-order valence-corrected chi connectivity index (χ1v) is 20.1. The van der Waals surface area contributed by atoms with E-state index in [1.165, 1.54) is 30.3 Å². The highest BCUT2D eigenvalue weighted by Crippen LogP contribution is 2.42. The van der Waals surface area contributed by atoms with Gasteiger partial charge in [-0.25, -0.2) is 14.8 Å². The van der Waals surface area contributed by atoms with Crippen LogP contribution in [0.25, 0.3) is 0 Å². The number of rotatable bonds is 14. The lowest BCUT2D eigenvalue weighted by Gasteiger charge is -2.38. The lowest BCUT2D eigenvalue weighted by Crippen LogP contribution is -2.41. The molecule has 5 rings (SSSR count). The Morgan fingerprint density at radius 1 is 0.786 bits per heavy atom. The van der Waals surface area contributed by atoms with Crippen molar-refractivity contribution in [2.24, 2.45) is 0 Å². The molecule has 4 aromatic rings.